The van der Waals surface area contributed by atoms with Gasteiger partial charge in [-0.15, -0.1) is 0 Å². The standard InChI is InChI=1S/C26H20N2O6/c29-27(30)21-7-15-25(16-8-21)33-23-11-3-19(4-12-23)1-2-20-5-13-24(14-6-20)34-26-17-9-22(10-18-26)28(31)32/h3-18H,1-2H2. The van der Waals surface area contributed by atoms with E-state index >= 15 is 0 Å². The third-order valence-electron chi connectivity index (χ3n) is 5.12. The van der Waals surface area contributed by atoms with Crippen molar-refractivity contribution in [3.63, 3.8) is 0 Å². The van der Waals surface area contributed by atoms with E-state index in [1.807, 2.05) is 48.5 Å². The molecule has 0 fully saturated rings. The molecule has 0 aromatic heterocycles. The number of nitro benzene ring substituents is 2. The highest BCUT2D eigenvalue weighted by atomic mass is 16.6. The third kappa shape index (κ3) is 5.95. The summed E-state index contributed by atoms with van der Waals surface area (Å²) in [5, 5.41) is 21.5. The van der Waals surface area contributed by atoms with Crippen LogP contribution in [0.3, 0.4) is 0 Å². The molecule has 0 unspecified atom stereocenters. The zero-order valence-corrected chi connectivity index (χ0v) is 18.0. The van der Waals surface area contributed by atoms with Gasteiger partial charge in [-0.25, -0.2) is 0 Å². The van der Waals surface area contributed by atoms with Crippen molar-refractivity contribution >= 4 is 11.4 Å². The van der Waals surface area contributed by atoms with Crippen LogP contribution in [0.2, 0.25) is 0 Å². The molecule has 34 heavy (non-hydrogen) atoms. The Kier molecular flexibility index (Phi) is 6.78. The summed E-state index contributed by atoms with van der Waals surface area (Å²) in [4.78, 5) is 20.6. The second kappa shape index (κ2) is 10.3. The zero-order chi connectivity index (χ0) is 23.9. The van der Waals surface area contributed by atoms with Crippen LogP contribution >= 0.6 is 0 Å². The molecule has 0 aliphatic carbocycles. The smallest absolute Gasteiger partial charge is 0.269 e. The number of hydrogen-bond donors (Lipinski definition) is 0. The van der Waals surface area contributed by atoms with Crippen molar-refractivity contribution in [3.8, 4) is 23.0 Å². The van der Waals surface area contributed by atoms with Crippen LogP contribution in [0.15, 0.2) is 97.1 Å². The predicted octanol–water partition coefficient (Wildman–Crippen LogP) is 6.87. The molecule has 4 aromatic rings. The van der Waals surface area contributed by atoms with Crippen LogP contribution in [0, 0.1) is 20.2 Å². The topological polar surface area (TPSA) is 105 Å². The van der Waals surface area contributed by atoms with Gasteiger partial charge in [0.25, 0.3) is 11.4 Å². The number of benzene rings is 4. The van der Waals surface area contributed by atoms with Crippen LogP contribution < -0.4 is 9.47 Å². The van der Waals surface area contributed by atoms with Gasteiger partial charge in [-0.1, -0.05) is 24.3 Å². The second-order valence-electron chi connectivity index (χ2n) is 7.49. The quantitative estimate of drug-likeness (QED) is 0.201. The molecule has 4 aromatic carbocycles. The number of ether oxygens (including phenoxy) is 2. The largest absolute Gasteiger partial charge is 0.457 e. The highest BCUT2D eigenvalue weighted by Crippen LogP contribution is 2.26. The van der Waals surface area contributed by atoms with Crippen molar-refractivity contribution in [1.29, 1.82) is 0 Å². The Morgan fingerprint density at radius 3 is 1.00 bits per heavy atom. The van der Waals surface area contributed by atoms with Crippen LogP contribution in [0.5, 0.6) is 23.0 Å². The normalized spacial score (nSPS) is 10.5. The fraction of sp³-hybridized carbons (Fsp3) is 0.0769. The molecule has 0 saturated carbocycles. The Morgan fingerprint density at radius 1 is 0.471 bits per heavy atom. The molecule has 4 rings (SSSR count). The number of hydrogen-bond acceptors (Lipinski definition) is 6. The van der Waals surface area contributed by atoms with E-state index < -0.39 is 9.85 Å². The van der Waals surface area contributed by atoms with Crippen LogP contribution in [0.1, 0.15) is 11.1 Å². The number of nitro groups is 2. The van der Waals surface area contributed by atoms with Crippen molar-refractivity contribution < 1.29 is 19.3 Å². The van der Waals surface area contributed by atoms with Crippen LogP contribution in [0.25, 0.3) is 0 Å². The molecule has 0 atom stereocenters. The van der Waals surface area contributed by atoms with Crippen molar-refractivity contribution in [2.45, 2.75) is 12.8 Å². The Balaban J connectivity index is 1.28. The van der Waals surface area contributed by atoms with E-state index in [0.29, 0.717) is 23.0 Å². The first-order chi connectivity index (χ1) is 16.5. The maximum atomic E-state index is 10.7. The molecular formula is C26H20N2O6. The highest BCUT2D eigenvalue weighted by molar-refractivity contribution is 5.40. The van der Waals surface area contributed by atoms with E-state index in [-0.39, 0.29) is 11.4 Å². The van der Waals surface area contributed by atoms with E-state index in [4.69, 9.17) is 9.47 Å². The minimum Gasteiger partial charge on any atom is -0.457 e. The van der Waals surface area contributed by atoms with Gasteiger partial charge in [0.1, 0.15) is 23.0 Å². The maximum Gasteiger partial charge on any atom is 0.269 e. The minimum absolute atomic E-state index is 0.0219. The van der Waals surface area contributed by atoms with Gasteiger partial charge in [-0.2, -0.15) is 0 Å². The highest BCUT2D eigenvalue weighted by Gasteiger charge is 2.07. The first-order valence-electron chi connectivity index (χ1n) is 10.5. The summed E-state index contributed by atoms with van der Waals surface area (Å²) in [5.74, 6) is 2.39. The van der Waals surface area contributed by atoms with Gasteiger partial charge in [0, 0.05) is 24.3 Å². The van der Waals surface area contributed by atoms with E-state index in [2.05, 4.69) is 0 Å². The lowest BCUT2D eigenvalue weighted by Crippen LogP contribution is -1.93. The Bertz CT molecular complexity index is 1170. The van der Waals surface area contributed by atoms with Crippen molar-refractivity contribution in [1.82, 2.24) is 0 Å². The van der Waals surface area contributed by atoms with Crippen LogP contribution in [-0.2, 0) is 12.8 Å². The van der Waals surface area contributed by atoms with Gasteiger partial charge in [0.05, 0.1) is 9.85 Å². The first kappa shape index (κ1) is 22.5. The van der Waals surface area contributed by atoms with Gasteiger partial charge in [-0.05, 0) is 72.5 Å². The molecule has 0 aliphatic rings. The summed E-state index contributed by atoms with van der Waals surface area (Å²) in [6, 6.07) is 27.4. The molecule has 0 bridgehead atoms. The Hall–Kier alpha value is -4.72. The minimum atomic E-state index is -0.446. The molecular weight excluding hydrogens is 436 g/mol. The number of non-ortho nitro benzene ring substituents is 2. The molecule has 0 spiro atoms. The summed E-state index contributed by atoms with van der Waals surface area (Å²) in [7, 11) is 0. The van der Waals surface area contributed by atoms with Crippen molar-refractivity contribution in [2.24, 2.45) is 0 Å². The summed E-state index contributed by atoms with van der Waals surface area (Å²) in [5.41, 5.74) is 2.35. The number of rotatable bonds is 9. The monoisotopic (exact) mass is 456 g/mol. The Labute approximate surface area is 195 Å². The molecule has 8 heteroatoms. The Morgan fingerprint density at radius 2 is 0.735 bits per heavy atom. The summed E-state index contributed by atoms with van der Waals surface area (Å²) < 4.78 is 11.5. The van der Waals surface area contributed by atoms with Gasteiger partial charge in [0.15, 0.2) is 0 Å². The van der Waals surface area contributed by atoms with E-state index in [1.165, 1.54) is 24.3 Å². The maximum absolute atomic E-state index is 10.7. The molecule has 0 aliphatic heterocycles. The van der Waals surface area contributed by atoms with Gasteiger partial charge in [-0.3, -0.25) is 20.2 Å². The van der Waals surface area contributed by atoms with Gasteiger partial charge >= 0.3 is 0 Å². The van der Waals surface area contributed by atoms with E-state index in [1.54, 1.807) is 24.3 Å². The molecule has 0 amide bonds. The third-order valence-corrected chi connectivity index (χ3v) is 5.12. The summed E-state index contributed by atoms with van der Waals surface area (Å²) >= 11 is 0. The molecule has 0 heterocycles. The lowest BCUT2D eigenvalue weighted by molar-refractivity contribution is -0.385. The number of nitrogens with zero attached hydrogens (tertiary/aromatic N) is 2. The van der Waals surface area contributed by atoms with Crippen molar-refractivity contribution in [3.05, 3.63) is 128 Å². The molecule has 8 nitrogen and oxygen atoms in total. The van der Waals surface area contributed by atoms with Crippen molar-refractivity contribution in [2.75, 3.05) is 0 Å². The fourth-order valence-corrected chi connectivity index (χ4v) is 3.28. The number of aryl methyl sites for hydroxylation is 2. The zero-order valence-electron chi connectivity index (χ0n) is 18.0. The average molecular weight is 456 g/mol. The lowest BCUT2D eigenvalue weighted by Gasteiger charge is -2.08. The van der Waals surface area contributed by atoms with Crippen LogP contribution in [-0.4, -0.2) is 9.85 Å². The molecule has 0 saturated heterocycles. The van der Waals surface area contributed by atoms with E-state index in [0.717, 1.165) is 24.0 Å². The van der Waals surface area contributed by atoms with Gasteiger partial charge in [0.2, 0.25) is 0 Å². The van der Waals surface area contributed by atoms with Crippen LogP contribution in [0.4, 0.5) is 11.4 Å². The predicted molar refractivity (Wildman–Crippen MR) is 127 cm³/mol. The SMILES string of the molecule is O=[N+]([O-])c1ccc(Oc2ccc(CCc3ccc(Oc4ccc([N+](=O)[O-])cc4)cc3)cc2)cc1. The summed E-state index contributed by atoms with van der Waals surface area (Å²) in [6.45, 7) is 0. The van der Waals surface area contributed by atoms with Gasteiger partial charge < -0.3 is 9.47 Å². The summed E-state index contributed by atoms with van der Waals surface area (Å²) in [6.07, 6.45) is 1.70. The first-order valence-corrected chi connectivity index (χ1v) is 10.5. The molecule has 170 valence electrons. The van der Waals surface area contributed by atoms with E-state index in [9.17, 15) is 20.2 Å². The molecule has 0 radical (unpaired) electrons. The second-order valence-corrected chi connectivity index (χ2v) is 7.49. The fourth-order valence-electron chi connectivity index (χ4n) is 3.28. The average Bonchev–Trinajstić information content (AvgIpc) is 2.85. The lowest BCUT2D eigenvalue weighted by atomic mass is 10.0. The molecule has 0 N–H and O–H groups in total.